The molecule has 1 N–H and O–H groups in total. The Morgan fingerprint density at radius 2 is 2.13 bits per heavy atom. The molecule has 30 heavy (non-hydrogen) atoms. The zero-order chi connectivity index (χ0) is 20.9. The van der Waals surface area contributed by atoms with Crippen LogP contribution in [0.5, 0.6) is 5.75 Å². The predicted molar refractivity (Wildman–Crippen MR) is 117 cm³/mol. The Kier molecular flexibility index (Phi) is 6.18. The maximum absolute atomic E-state index is 6.04. The number of halogens is 1. The van der Waals surface area contributed by atoms with Crippen LogP contribution in [-0.2, 0) is 6.54 Å². The fourth-order valence-electron chi connectivity index (χ4n) is 3.66. The number of aromatic nitrogens is 2. The van der Waals surface area contributed by atoms with Crippen molar-refractivity contribution in [1.82, 2.24) is 20.4 Å². The van der Waals surface area contributed by atoms with Gasteiger partial charge in [-0.2, -0.15) is 4.98 Å². The third kappa shape index (κ3) is 4.57. The zero-order valence-electron chi connectivity index (χ0n) is 17.0. The van der Waals surface area contributed by atoms with Crippen molar-refractivity contribution in [1.29, 1.82) is 0 Å². The number of aliphatic imine (C=N–C) groups is 1. The van der Waals surface area contributed by atoms with Crippen LogP contribution in [0.4, 0.5) is 0 Å². The quantitative estimate of drug-likeness (QED) is 0.492. The fraction of sp³-hybridized carbons (Fsp3) is 0.318. The van der Waals surface area contributed by atoms with E-state index in [1.165, 1.54) is 5.56 Å². The van der Waals surface area contributed by atoms with Gasteiger partial charge < -0.3 is 19.5 Å². The number of nitrogens with one attached hydrogen (secondary N) is 1. The van der Waals surface area contributed by atoms with Gasteiger partial charge in [0.15, 0.2) is 5.96 Å². The van der Waals surface area contributed by atoms with Crippen molar-refractivity contribution in [2.24, 2.45) is 4.99 Å². The lowest BCUT2D eigenvalue weighted by molar-refractivity contribution is 0.372. The highest BCUT2D eigenvalue weighted by Crippen LogP contribution is 2.28. The highest BCUT2D eigenvalue weighted by Gasteiger charge is 2.26. The standard InChI is InChI=1S/C22H24ClN5O2/c1-24-22(28-11-10-17(14-28)15-6-8-19(29-2)9-7-15)25-13-20-26-21(27-30-20)16-4-3-5-18(23)12-16/h3-9,12,17H,10-11,13-14H2,1-2H3,(H,24,25). The first-order chi connectivity index (χ1) is 14.7. The Morgan fingerprint density at radius 1 is 1.30 bits per heavy atom. The minimum Gasteiger partial charge on any atom is -0.497 e. The smallest absolute Gasteiger partial charge is 0.246 e. The summed E-state index contributed by atoms with van der Waals surface area (Å²) in [5, 5.41) is 8.01. The zero-order valence-corrected chi connectivity index (χ0v) is 17.8. The van der Waals surface area contributed by atoms with Crippen molar-refractivity contribution in [3.8, 4) is 17.1 Å². The molecular weight excluding hydrogens is 402 g/mol. The van der Waals surface area contributed by atoms with E-state index in [4.69, 9.17) is 20.9 Å². The molecule has 1 aliphatic heterocycles. The van der Waals surface area contributed by atoms with E-state index in [0.717, 1.165) is 36.8 Å². The highest BCUT2D eigenvalue weighted by atomic mass is 35.5. The Labute approximate surface area is 180 Å². The second-order valence-electron chi connectivity index (χ2n) is 7.13. The molecule has 1 aliphatic rings. The van der Waals surface area contributed by atoms with Gasteiger partial charge in [-0.1, -0.05) is 41.0 Å². The lowest BCUT2D eigenvalue weighted by Crippen LogP contribution is -2.39. The minimum absolute atomic E-state index is 0.407. The molecule has 1 aromatic heterocycles. The van der Waals surface area contributed by atoms with Crippen LogP contribution in [0, 0.1) is 0 Å². The van der Waals surface area contributed by atoms with Gasteiger partial charge >= 0.3 is 0 Å². The summed E-state index contributed by atoms with van der Waals surface area (Å²) in [7, 11) is 3.47. The number of ether oxygens (including phenoxy) is 1. The number of guanidine groups is 1. The Morgan fingerprint density at radius 3 is 2.87 bits per heavy atom. The summed E-state index contributed by atoms with van der Waals surface area (Å²) in [5.74, 6) is 3.19. The molecule has 1 unspecified atom stereocenters. The third-order valence-electron chi connectivity index (χ3n) is 5.24. The van der Waals surface area contributed by atoms with Crippen molar-refractivity contribution < 1.29 is 9.26 Å². The Bertz CT molecular complexity index is 1020. The molecule has 0 bridgehead atoms. The molecule has 156 valence electrons. The van der Waals surface area contributed by atoms with Crippen LogP contribution in [0.3, 0.4) is 0 Å². The molecule has 3 aromatic rings. The minimum atomic E-state index is 0.407. The number of rotatable bonds is 5. The van der Waals surface area contributed by atoms with E-state index in [2.05, 4.69) is 37.5 Å². The van der Waals surface area contributed by atoms with Gasteiger partial charge in [0.05, 0.1) is 13.7 Å². The van der Waals surface area contributed by atoms with Crippen LogP contribution >= 0.6 is 11.6 Å². The van der Waals surface area contributed by atoms with E-state index in [1.807, 2.05) is 36.4 Å². The lowest BCUT2D eigenvalue weighted by Gasteiger charge is -2.21. The largest absolute Gasteiger partial charge is 0.497 e. The Balaban J connectivity index is 1.35. The summed E-state index contributed by atoms with van der Waals surface area (Å²) in [6.07, 6.45) is 1.08. The number of likely N-dealkylation sites (tertiary alicyclic amines) is 1. The molecule has 2 aromatic carbocycles. The summed E-state index contributed by atoms with van der Waals surface area (Å²) < 4.78 is 10.6. The predicted octanol–water partition coefficient (Wildman–Crippen LogP) is 3.96. The van der Waals surface area contributed by atoms with E-state index in [1.54, 1.807) is 14.2 Å². The van der Waals surface area contributed by atoms with Crippen molar-refractivity contribution in [3.63, 3.8) is 0 Å². The van der Waals surface area contributed by atoms with Crippen LogP contribution in [0.2, 0.25) is 5.02 Å². The lowest BCUT2D eigenvalue weighted by atomic mass is 9.98. The van der Waals surface area contributed by atoms with Crippen LogP contribution in [0.25, 0.3) is 11.4 Å². The van der Waals surface area contributed by atoms with Crippen LogP contribution in [-0.4, -0.2) is 48.2 Å². The van der Waals surface area contributed by atoms with E-state index in [9.17, 15) is 0 Å². The number of methoxy groups -OCH3 is 1. The number of nitrogens with zero attached hydrogens (tertiary/aromatic N) is 4. The molecular formula is C22H24ClN5O2. The highest BCUT2D eigenvalue weighted by molar-refractivity contribution is 6.30. The number of hydrogen-bond acceptors (Lipinski definition) is 5. The Hall–Kier alpha value is -3.06. The molecule has 0 spiro atoms. The summed E-state index contributed by atoms with van der Waals surface area (Å²) in [6, 6.07) is 15.7. The number of hydrogen-bond donors (Lipinski definition) is 1. The molecule has 4 rings (SSSR count). The maximum Gasteiger partial charge on any atom is 0.246 e. The van der Waals surface area contributed by atoms with Crippen molar-refractivity contribution in [3.05, 3.63) is 65.0 Å². The third-order valence-corrected chi connectivity index (χ3v) is 5.47. The van der Waals surface area contributed by atoms with Gasteiger partial charge in [0.25, 0.3) is 0 Å². The van der Waals surface area contributed by atoms with Crippen molar-refractivity contribution in [2.75, 3.05) is 27.2 Å². The van der Waals surface area contributed by atoms with Crippen LogP contribution in [0.1, 0.15) is 23.8 Å². The monoisotopic (exact) mass is 425 g/mol. The van der Waals surface area contributed by atoms with Gasteiger partial charge in [0.1, 0.15) is 5.75 Å². The van der Waals surface area contributed by atoms with Gasteiger partial charge in [-0.25, -0.2) is 0 Å². The average molecular weight is 426 g/mol. The maximum atomic E-state index is 6.04. The number of benzene rings is 2. The SMILES string of the molecule is CN=C(NCc1nc(-c2cccc(Cl)c2)no1)N1CCC(c2ccc(OC)cc2)C1. The van der Waals surface area contributed by atoms with Crippen molar-refractivity contribution in [2.45, 2.75) is 18.9 Å². The van der Waals surface area contributed by atoms with Crippen LogP contribution in [0.15, 0.2) is 58.0 Å². The molecule has 0 saturated carbocycles. The topological polar surface area (TPSA) is 75.8 Å². The molecule has 1 atom stereocenters. The summed E-state index contributed by atoms with van der Waals surface area (Å²) in [6.45, 7) is 2.25. The van der Waals surface area contributed by atoms with Gasteiger partial charge in [0, 0.05) is 36.6 Å². The molecule has 0 aliphatic carbocycles. The first kappa shape index (κ1) is 20.2. The first-order valence-electron chi connectivity index (χ1n) is 9.84. The molecule has 7 nitrogen and oxygen atoms in total. The van der Waals surface area contributed by atoms with E-state index in [0.29, 0.717) is 29.2 Å². The van der Waals surface area contributed by atoms with Gasteiger partial charge in [0.2, 0.25) is 11.7 Å². The second-order valence-corrected chi connectivity index (χ2v) is 7.56. The average Bonchev–Trinajstić information content (AvgIpc) is 3.45. The van der Waals surface area contributed by atoms with Gasteiger partial charge in [-0.3, -0.25) is 4.99 Å². The van der Waals surface area contributed by atoms with E-state index >= 15 is 0 Å². The fourth-order valence-corrected chi connectivity index (χ4v) is 3.85. The van der Waals surface area contributed by atoms with Gasteiger partial charge in [-0.05, 0) is 36.2 Å². The first-order valence-corrected chi connectivity index (χ1v) is 10.2. The molecule has 1 saturated heterocycles. The van der Waals surface area contributed by atoms with Crippen molar-refractivity contribution >= 4 is 17.6 Å². The molecule has 0 amide bonds. The van der Waals surface area contributed by atoms with Crippen LogP contribution < -0.4 is 10.1 Å². The normalized spacial score (nSPS) is 16.7. The molecule has 8 heteroatoms. The second kappa shape index (κ2) is 9.17. The van der Waals surface area contributed by atoms with E-state index < -0.39 is 0 Å². The summed E-state index contributed by atoms with van der Waals surface area (Å²) >= 11 is 6.04. The van der Waals surface area contributed by atoms with E-state index in [-0.39, 0.29) is 0 Å². The summed E-state index contributed by atoms with van der Waals surface area (Å²) in [4.78, 5) is 11.1. The van der Waals surface area contributed by atoms with Gasteiger partial charge in [-0.15, -0.1) is 0 Å². The molecule has 1 fully saturated rings. The molecule has 0 radical (unpaired) electrons. The summed E-state index contributed by atoms with van der Waals surface area (Å²) in [5.41, 5.74) is 2.14. The molecule has 2 heterocycles.